The molecule has 2 aliphatic heterocycles. The van der Waals surface area contributed by atoms with Crippen molar-refractivity contribution < 1.29 is 22.7 Å². The van der Waals surface area contributed by atoms with Crippen LogP contribution in [0.4, 0.5) is 5.95 Å². The molecule has 1 saturated heterocycles. The summed E-state index contributed by atoms with van der Waals surface area (Å²) in [7, 11) is -4.13. The van der Waals surface area contributed by atoms with Crippen LogP contribution in [0.15, 0.2) is 53.4 Å². The van der Waals surface area contributed by atoms with Crippen molar-refractivity contribution in [3.05, 3.63) is 65.2 Å². The summed E-state index contributed by atoms with van der Waals surface area (Å²) in [5.74, 6) is -0.138. The molecule has 0 radical (unpaired) electrons. The van der Waals surface area contributed by atoms with Gasteiger partial charge in [-0.15, -0.1) is 0 Å². The van der Waals surface area contributed by atoms with E-state index in [-0.39, 0.29) is 57.8 Å². The first-order valence-electron chi connectivity index (χ1n) is 15.2. The second kappa shape index (κ2) is 12.1. The van der Waals surface area contributed by atoms with Gasteiger partial charge in [0.15, 0.2) is 0 Å². The second-order valence-electron chi connectivity index (χ2n) is 14.1. The number of ether oxygens (including phenoxy) is 2. The molecular weight excluding hydrogens is 576 g/mol. The lowest BCUT2D eigenvalue weighted by molar-refractivity contribution is -0.0551. The number of fused-ring (bicyclic) bond motifs is 4. The molecule has 3 aromatic rings. The highest BCUT2D eigenvalue weighted by Gasteiger charge is 2.36. The predicted molar refractivity (Wildman–Crippen MR) is 171 cm³/mol. The van der Waals surface area contributed by atoms with Gasteiger partial charge in [-0.1, -0.05) is 58.9 Å². The van der Waals surface area contributed by atoms with Gasteiger partial charge < -0.3 is 14.4 Å². The van der Waals surface area contributed by atoms with Crippen LogP contribution in [0.3, 0.4) is 0 Å². The third-order valence-corrected chi connectivity index (χ3v) is 9.67. The van der Waals surface area contributed by atoms with Gasteiger partial charge >= 0.3 is 0 Å². The van der Waals surface area contributed by atoms with Crippen molar-refractivity contribution in [1.82, 2.24) is 14.9 Å². The number of sulfonamides is 1. The zero-order valence-corrected chi connectivity index (χ0v) is 27.6. The van der Waals surface area contributed by atoms with Gasteiger partial charge in [-0.05, 0) is 73.3 Å². The van der Waals surface area contributed by atoms with Crippen molar-refractivity contribution in [2.75, 3.05) is 24.5 Å². The number of carbonyl (C=O) groups excluding carboxylic acids is 1. The number of benzene rings is 2. The number of nitrogens with zero attached hydrogens (tertiary/aromatic N) is 3. The van der Waals surface area contributed by atoms with Crippen molar-refractivity contribution in [2.24, 2.45) is 10.8 Å². The molecular formula is C34H44N4O5S. The Hall–Kier alpha value is -3.50. The second-order valence-corrected chi connectivity index (χ2v) is 15.8. The minimum absolute atomic E-state index is 0.0477. The molecule has 44 heavy (non-hydrogen) atoms. The number of carbonyl (C=O) groups is 1. The first-order valence-corrected chi connectivity index (χ1v) is 16.7. The number of anilines is 1. The van der Waals surface area contributed by atoms with E-state index in [4.69, 9.17) is 9.47 Å². The first-order chi connectivity index (χ1) is 20.6. The molecule has 5 rings (SSSR count). The summed E-state index contributed by atoms with van der Waals surface area (Å²) < 4.78 is 42.3. The van der Waals surface area contributed by atoms with E-state index in [9.17, 15) is 13.2 Å². The fourth-order valence-electron chi connectivity index (χ4n) is 6.19. The van der Waals surface area contributed by atoms with Gasteiger partial charge in [-0.3, -0.25) is 4.79 Å². The molecule has 3 heterocycles. The van der Waals surface area contributed by atoms with E-state index in [0.717, 1.165) is 29.5 Å². The minimum Gasteiger partial charge on any atom is -0.475 e. The highest BCUT2D eigenvalue weighted by atomic mass is 32.2. The van der Waals surface area contributed by atoms with Gasteiger partial charge in [0.25, 0.3) is 15.9 Å². The number of aryl methyl sites for hydroxylation is 2. The molecule has 1 fully saturated rings. The highest BCUT2D eigenvalue weighted by molar-refractivity contribution is 7.92. The van der Waals surface area contributed by atoms with Crippen LogP contribution < -0.4 is 9.46 Å². The molecule has 0 saturated carbocycles. The van der Waals surface area contributed by atoms with Crippen LogP contribution in [0.5, 0.6) is 5.88 Å². The monoisotopic (exact) mass is 620 g/mol. The lowest BCUT2D eigenvalue weighted by Gasteiger charge is -2.41. The minimum atomic E-state index is -4.13. The van der Waals surface area contributed by atoms with E-state index < -0.39 is 10.0 Å². The van der Waals surface area contributed by atoms with Crippen molar-refractivity contribution in [1.29, 1.82) is 0 Å². The van der Waals surface area contributed by atoms with Gasteiger partial charge in [0.1, 0.15) is 6.61 Å². The Morgan fingerprint density at radius 3 is 2.43 bits per heavy atom. The van der Waals surface area contributed by atoms with Gasteiger partial charge in [0, 0.05) is 30.3 Å². The molecule has 2 aliphatic rings. The van der Waals surface area contributed by atoms with E-state index in [2.05, 4.69) is 49.3 Å². The molecule has 4 bridgehead atoms. The van der Waals surface area contributed by atoms with Gasteiger partial charge in [-0.25, -0.2) is 18.1 Å². The maximum absolute atomic E-state index is 14.3. The van der Waals surface area contributed by atoms with E-state index in [1.54, 1.807) is 18.2 Å². The van der Waals surface area contributed by atoms with E-state index in [0.29, 0.717) is 25.3 Å². The van der Waals surface area contributed by atoms with Crippen molar-refractivity contribution >= 4 is 21.9 Å². The first kappa shape index (κ1) is 31.9. The fraction of sp³-hybridized carbons (Fsp3) is 0.500. The number of nitrogens with one attached hydrogen (secondary N) is 1. The summed E-state index contributed by atoms with van der Waals surface area (Å²) in [6.07, 6.45) is 2.26. The van der Waals surface area contributed by atoms with Crippen LogP contribution in [0.25, 0.3) is 11.3 Å². The lowest BCUT2D eigenvalue weighted by atomic mass is 9.81. The average molecular weight is 621 g/mol. The van der Waals surface area contributed by atoms with Crippen LogP contribution in [-0.4, -0.2) is 61.1 Å². The average Bonchev–Trinajstić information content (AvgIpc) is 2.92. The summed E-state index contributed by atoms with van der Waals surface area (Å²) in [5.41, 5.74) is 3.65. The third-order valence-electron chi connectivity index (χ3n) is 8.34. The van der Waals surface area contributed by atoms with Gasteiger partial charge in [0.05, 0.1) is 22.7 Å². The molecule has 1 aromatic heterocycles. The molecule has 2 atom stereocenters. The van der Waals surface area contributed by atoms with Crippen LogP contribution >= 0.6 is 0 Å². The molecule has 9 nitrogen and oxygen atoms in total. The Balaban J connectivity index is 1.64. The largest absolute Gasteiger partial charge is 0.475 e. The van der Waals surface area contributed by atoms with E-state index in [1.807, 2.05) is 36.9 Å². The molecule has 0 aliphatic carbocycles. The Kier molecular flexibility index (Phi) is 8.79. The third kappa shape index (κ3) is 7.41. The summed E-state index contributed by atoms with van der Waals surface area (Å²) in [6.45, 7) is 16.0. The number of rotatable bonds is 4. The SMILES string of the molecule is Cc1cccc(C)c1-c1cc2nc(n1)NS(=O)(=O)c1cccc(c1)C(=O)N(C[C@H]1CC(C)(C)CCO1)[C@H](CC(C)(C)C)CO2. The number of hydrogen-bond acceptors (Lipinski definition) is 7. The van der Waals surface area contributed by atoms with E-state index >= 15 is 0 Å². The maximum Gasteiger partial charge on any atom is 0.264 e. The quantitative estimate of drug-likeness (QED) is 0.359. The topological polar surface area (TPSA) is 111 Å². The lowest BCUT2D eigenvalue weighted by Crippen LogP contribution is -2.50. The molecule has 0 spiro atoms. The van der Waals surface area contributed by atoms with Gasteiger partial charge in [0.2, 0.25) is 11.8 Å². The Labute approximate surface area is 261 Å². The Bertz CT molecular complexity index is 1630. The van der Waals surface area contributed by atoms with Crippen molar-refractivity contribution in [2.45, 2.75) is 84.8 Å². The zero-order valence-electron chi connectivity index (χ0n) is 26.8. The molecule has 10 heteroatoms. The summed E-state index contributed by atoms with van der Waals surface area (Å²) >= 11 is 0. The van der Waals surface area contributed by atoms with Gasteiger partial charge in [-0.2, -0.15) is 4.98 Å². The summed E-state index contributed by atoms with van der Waals surface area (Å²) in [4.78, 5) is 25.2. The molecule has 1 amide bonds. The van der Waals surface area contributed by atoms with Crippen LogP contribution in [0, 0.1) is 24.7 Å². The molecule has 1 N–H and O–H groups in total. The summed E-state index contributed by atoms with van der Waals surface area (Å²) in [6, 6.07) is 13.5. The molecule has 2 aromatic carbocycles. The van der Waals surface area contributed by atoms with Crippen molar-refractivity contribution in [3.8, 4) is 17.1 Å². The maximum atomic E-state index is 14.3. The number of hydrogen-bond donors (Lipinski definition) is 1. The predicted octanol–water partition coefficient (Wildman–Crippen LogP) is 6.41. The van der Waals surface area contributed by atoms with Crippen LogP contribution in [0.1, 0.15) is 75.4 Å². The van der Waals surface area contributed by atoms with Crippen molar-refractivity contribution in [3.63, 3.8) is 0 Å². The smallest absolute Gasteiger partial charge is 0.264 e. The van der Waals surface area contributed by atoms with E-state index in [1.165, 1.54) is 12.1 Å². The molecule has 0 unspecified atom stereocenters. The standard InChI is InChI=1S/C34H44N4O5S/c1-22-10-8-11-23(2)30(22)28-17-29-36-32(35-28)37-44(40,41)27-13-9-12-24(16-27)31(39)38(25(21-43-29)18-33(3,4)5)20-26-19-34(6,7)14-15-42-26/h8-13,16-17,25-26H,14-15,18-21H2,1-7H3,(H,35,36,37)/t25-,26-/m1/s1. The zero-order chi connectivity index (χ0) is 31.9. The number of amides is 1. The molecule has 236 valence electrons. The number of aromatic nitrogens is 2. The Morgan fingerprint density at radius 1 is 1.05 bits per heavy atom. The normalized spacial score (nSPS) is 21.7. The highest BCUT2D eigenvalue weighted by Crippen LogP contribution is 2.35. The van der Waals surface area contributed by atoms with Crippen LogP contribution in [-0.2, 0) is 14.8 Å². The fourth-order valence-corrected chi connectivity index (χ4v) is 7.18. The Morgan fingerprint density at radius 2 is 1.75 bits per heavy atom. The summed E-state index contributed by atoms with van der Waals surface area (Å²) in [5, 5.41) is 0. The van der Waals surface area contributed by atoms with Crippen LogP contribution in [0.2, 0.25) is 0 Å².